The highest BCUT2D eigenvalue weighted by Gasteiger charge is 2.30. The minimum absolute atomic E-state index is 0.00200. The monoisotopic (exact) mass is 396 g/mol. The molecule has 0 aliphatic rings. The smallest absolute Gasteiger partial charge is 0.336 e. The molecule has 0 bridgehead atoms. The van der Waals surface area contributed by atoms with Gasteiger partial charge >= 0.3 is 6.18 Å². The number of hydrogen-bond donors (Lipinski definition) is 0. The van der Waals surface area contributed by atoms with Crippen molar-refractivity contribution >= 4 is 23.4 Å². The van der Waals surface area contributed by atoms with Crippen molar-refractivity contribution in [3.8, 4) is 0 Å². The van der Waals surface area contributed by atoms with Crippen molar-refractivity contribution in [2.75, 3.05) is 0 Å². The van der Waals surface area contributed by atoms with Gasteiger partial charge in [0.25, 0.3) is 0 Å². The Morgan fingerprint density at radius 2 is 1.73 bits per heavy atom. The van der Waals surface area contributed by atoms with Crippen molar-refractivity contribution in [3.05, 3.63) is 89.0 Å². The first-order valence-corrected chi connectivity index (χ1v) is 9.33. The van der Waals surface area contributed by atoms with Gasteiger partial charge in [-0.1, -0.05) is 35.9 Å². The molecule has 3 rings (SSSR count). The largest absolute Gasteiger partial charge is 0.416 e. The summed E-state index contributed by atoms with van der Waals surface area (Å²) in [6.07, 6.45) is 0.919. The van der Waals surface area contributed by atoms with Crippen LogP contribution in [0.4, 0.5) is 13.2 Å². The van der Waals surface area contributed by atoms with E-state index in [1.54, 1.807) is 36.4 Å². The van der Waals surface area contributed by atoms with Crippen LogP contribution < -0.4 is 0 Å². The molecule has 1 heterocycles. The molecular weight excluding hydrogens is 381 g/mol. The van der Waals surface area contributed by atoms with Gasteiger partial charge in [-0.15, -0.1) is 11.8 Å². The van der Waals surface area contributed by atoms with Crippen LogP contribution >= 0.6 is 23.4 Å². The van der Waals surface area contributed by atoms with Crippen LogP contribution in [0, 0.1) is 0 Å². The van der Waals surface area contributed by atoms with Gasteiger partial charge < -0.3 is 4.57 Å². The minimum Gasteiger partial charge on any atom is -0.336 e. The average Bonchev–Trinajstić information content (AvgIpc) is 3.12. The van der Waals surface area contributed by atoms with E-state index in [4.69, 9.17) is 11.6 Å². The Labute approximate surface area is 159 Å². The summed E-state index contributed by atoms with van der Waals surface area (Å²) in [7, 11) is 0. The Morgan fingerprint density at radius 1 is 1.04 bits per heavy atom. The molecule has 7 heteroatoms. The van der Waals surface area contributed by atoms with Gasteiger partial charge in [-0.05, 0) is 35.4 Å². The lowest BCUT2D eigenvalue weighted by atomic mass is 10.1. The fraction of sp³-hybridized carbons (Fsp3) is 0.211. The number of thioether (sulfide) groups is 1. The molecule has 1 atom stereocenters. The van der Waals surface area contributed by atoms with E-state index in [9.17, 15) is 13.2 Å². The lowest BCUT2D eigenvalue weighted by molar-refractivity contribution is -0.137. The maximum Gasteiger partial charge on any atom is 0.416 e. The Balaban J connectivity index is 1.77. The number of benzene rings is 2. The normalized spacial score (nSPS) is 12.9. The second-order valence-corrected chi connectivity index (χ2v) is 7.43. The standard InChI is InChI=1S/C19H16ClF3N2S/c20-17-7-1-14(2-8-17)12-26-18(11-25-10-9-24-13-25)15-3-5-16(6-4-15)19(21,22)23/h1-10,13,18H,11-12H2. The van der Waals surface area contributed by atoms with Gasteiger partial charge in [-0.25, -0.2) is 4.98 Å². The molecule has 0 N–H and O–H groups in total. The van der Waals surface area contributed by atoms with E-state index in [2.05, 4.69) is 4.98 Å². The van der Waals surface area contributed by atoms with Crippen LogP contribution in [0.2, 0.25) is 5.02 Å². The molecule has 3 aromatic rings. The number of aromatic nitrogens is 2. The summed E-state index contributed by atoms with van der Waals surface area (Å²) in [5.41, 5.74) is 1.33. The first kappa shape index (κ1) is 18.9. The Hall–Kier alpha value is -1.92. The van der Waals surface area contributed by atoms with Crippen LogP contribution in [0.1, 0.15) is 21.9 Å². The molecule has 1 unspecified atom stereocenters. The van der Waals surface area contributed by atoms with E-state index in [0.29, 0.717) is 11.6 Å². The zero-order valence-electron chi connectivity index (χ0n) is 13.7. The fourth-order valence-electron chi connectivity index (χ4n) is 2.50. The molecule has 1 aromatic heterocycles. The van der Waals surface area contributed by atoms with Gasteiger partial charge in [0.1, 0.15) is 0 Å². The molecule has 26 heavy (non-hydrogen) atoms. The number of halogens is 4. The zero-order valence-corrected chi connectivity index (χ0v) is 15.2. The average molecular weight is 397 g/mol. The summed E-state index contributed by atoms with van der Waals surface area (Å²) in [5, 5.41) is 0.679. The second kappa shape index (κ2) is 8.18. The molecule has 0 radical (unpaired) electrons. The van der Waals surface area contributed by atoms with Gasteiger partial charge in [0.05, 0.1) is 11.9 Å². The Bertz CT molecular complexity index is 815. The van der Waals surface area contributed by atoms with Gasteiger partial charge in [0.15, 0.2) is 0 Å². The highest BCUT2D eigenvalue weighted by Crippen LogP contribution is 2.35. The Kier molecular flexibility index (Phi) is 5.94. The number of nitrogens with zero attached hydrogens (tertiary/aromatic N) is 2. The van der Waals surface area contributed by atoms with Gasteiger partial charge in [0.2, 0.25) is 0 Å². The third-order valence-corrected chi connectivity index (χ3v) is 5.49. The fourth-order valence-corrected chi connectivity index (χ4v) is 3.84. The molecule has 0 amide bonds. The van der Waals surface area contributed by atoms with Crippen LogP contribution in [-0.2, 0) is 18.5 Å². The van der Waals surface area contributed by atoms with Gasteiger partial charge in [-0.3, -0.25) is 0 Å². The third-order valence-electron chi connectivity index (χ3n) is 3.91. The van der Waals surface area contributed by atoms with Crippen LogP contribution in [0.25, 0.3) is 0 Å². The van der Waals surface area contributed by atoms with E-state index in [0.717, 1.165) is 29.0 Å². The molecule has 0 aliphatic carbocycles. The lowest BCUT2D eigenvalue weighted by Crippen LogP contribution is -2.08. The van der Waals surface area contributed by atoms with E-state index in [1.165, 1.54) is 0 Å². The zero-order chi connectivity index (χ0) is 18.6. The van der Waals surface area contributed by atoms with Crippen LogP contribution in [-0.4, -0.2) is 9.55 Å². The SMILES string of the molecule is FC(F)(F)c1ccc(C(Cn2ccnc2)SCc2ccc(Cl)cc2)cc1. The Morgan fingerprint density at radius 3 is 2.31 bits per heavy atom. The summed E-state index contributed by atoms with van der Waals surface area (Å²) in [6, 6.07) is 13.0. The van der Waals surface area contributed by atoms with Crippen molar-refractivity contribution in [1.82, 2.24) is 9.55 Å². The predicted molar refractivity (Wildman–Crippen MR) is 99.2 cm³/mol. The van der Waals surface area contributed by atoms with Crippen LogP contribution in [0.3, 0.4) is 0 Å². The second-order valence-electron chi connectivity index (χ2n) is 5.81. The molecule has 0 spiro atoms. The van der Waals surface area contributed by atoms with Crippen molar-refractivity contribution < 1.29 is 13.2 Å². The molecule has 0 fully saturated rings. The molecule has 136 valence electrons. The van der Waals surface area contributed by atoms with Gasteiger partial charge in [0, 0.05) is 35.0 Å². The molecule has 2 nitrogen and oxygen atoms in total. The summed E-state index contributed by atoms with van der Waals surface area (Å²) < 4.78 is 40.3. The number of hydrogen-bond acceptors (Lipinski definition) is 2. The van der Waals surface area contributed by atoms with E-state index >= 15 is 0 Å². The maximum absolute atomic E-state index is 12.8. The van der Waals surface area contributed by atoms with Crippen molar-refractivity contribution in [2.24, 2.45) is 0 Å². The highest BCUT2D eigenvalue weighted by atomic mass is 35.5. The number of rotatable bonds is 6. The summed E-state index contributed by atoms with van der Waals surface area (Å²) in [6.45, 7) is 0.629. The maximum atomic E-state index is 12.8. The van der Waals surface area contributed by atoms with E-state index in [1.807, 2.05) is 35.0 Å². The van der Waals surface area contributed by atoms with Gasteiger partial charge in [-0.2, -0.15) is 13.2 Å². The third kappa shape index (κ3) is 5.05. The van der Waals surface area contributed by atoms with Crippen molar-refractivity contribution in [2.45, 2.75) is 23.7 Å². The predicted octanol–water partition coefficient (Wildman–Crippen LogP) is 6.23. The molecular formula is C19H16ClF3N2S. The first-order valence-electron chi connectivity index (χ1n) is 7.91. The molecule has 0 saturated heterocycles. The molecule has 0 aliphatic heterocycles. The topological polar surface area (TPSA) is 17.8 Å². The summed E-state index contributed by atoms with van der Waals surface area (Å²) >= 11 is 7.58. The van der Waals surface area contributed by atoms with Crippen molar-refractivity contribution in [1.29, 1.82) is 0 Å². The van der Waals surface area contributed by atoms with Crippen molar-refractivity contribution in [3.63, 3.8) is 0 Å². The molecule has 2 aromatic carbocycles. The van der Waals surface area contributed by atoms with Crippen LogP contribution in [0.15, 0.2) is 67.3 Å². The van der Waals surface area contributed by atoms with Crippen LogP contribution in [0.5, 0.6) is 0 Å². The quantitative estimate of drug-likeness (QED) is 0.491. The lowest BCUT2D eigenvalue weighted by Gasteiger charge is -2.19. The number of imidazole rings is 1. The molecule has 0 saturated carbocycles. The van der Waals surface area contributed by atoms with E-state index in [-0.39, 0.29) is 5.25 Å². The summed E-state index contributed by atoms with van der Waals surface area (Å²) in [4.78, 5) is 4.03. The minimum atomic E-state index is -4.32. The summed E-state index contributed by atoms with van der Waals surface area (Å²) in [5.74, 6) is 0.734. The number of alkyl halides is 3. The van der Waals surface area contributed by atoms with E-state index < -0.39 is 11.7 Å². The first-order chi connectivity index (χ1) is 12.4. The highest BCUT2D eigenvalue weighted by molar-refractivity contribution is 7.98.